The van der Waals surface area contributed by atoms with Crippen LogP contribution in [0.3, 0.4) is 0 Å². The molecule has 5 nitrogen and oxygen atoms in total. The third kappa shape index (κ3) is 4.99. The molecule has 0 aliphatic heterocycles. The molecule has 3 aromatic rings. The number of halogens is 1. The second kappa shape index (κ2) is 8.88. The van der Waals surface area contributed by atoms with E-state index in [2.05, 4.69) is 10.3 Å². The molecule has 0 aliphatic rings. The van der Waals surface area contributed by atoms with E-state index in [0.29, 0.717) is 22.5 Å². The summed E-state index contributed by atoms with van der Waals surface area (Å²) in [5, 5.41) is 3.77. The number of rotatable bonds is 7. The van der Waals surface area contributed by atoms with E-state index >= 15 is 0 Å². The average Bonchev–Trinajstić information content (AvgIpc) is 3.02. The highest BCUT2D eigenvalue weighted by molar-refractivity contribution is 7.16. The number of carbonyl (C=O) groups excluding carboxylic acids is 1. The minimum Gasteiger partial charge on any atom is -0.494 e. The Morgan fingerprint density at radius 1 is 1.15 bits per heavy atom. The first-order chi connectivity index (χ1) is 13.1. The third-order valence-corrected chi connectivity index (χ3v) is 4.88. The summed E-state index contributed by atoms with van der Waals surface area (Å²) >= 11 is 7.44. The Morgan fingerprint density at radius 2 is 1.89 bits per heavy atom. The van der Waals surface area contributed by atoms with Crippen LogP contribution in [0.1, 0.15) is 11.8 Å². The van der Waals surface area contributed by atoms with Crippen LogP contribution in [0.2, 0.25) is 5.02 Å². The summed E-state index contributed by atoms with van der Waals surface area (Å²) in [5.41, 5.74) is 1.81. The smallest absolute Gasteiger partial charge is 0.264 e. The van der Waals surface area contributed by atoms with Crippen LogP contribution in [0.25, 0.3) is 11.3 Å². The van der Waals surface area contributed by atoms with Crippen LogP contribution in [0.4, 0.5) is 5.13 Å². The van der Waals surface area contributed by atoms with Crippen LogP contribution in [-0.2, 0) is 4.79 Å². The number of amides is 1. The Labute approximate surface area is 166 Å². The van der Waals surface area contributed by atoms with E-state index in [4.69, 9.17) is 21.1 Å². The lowest BCUT2D eigenvalue weighted by Crippen LogP contribution is -2.20. The van der Waals surface area contributed by atoms with Crippen molar-refractivity contribution in [3.63, 3.8) is 0 Å². The Bertz CT molecular complexity index is 925. The molecule has 0 fully saturated rings. The molecular formula is C20H19ClN2O3S. The molecule has 1 heterocycles. The van der Waals surface area contributed by atoms with Gasteiger partial charge in [0.2, 0.25) is 0 Å². The lowest BCUT2D eigenvalue weighted by Gasteiger charge is -2.07. The molecular weight excluding hydrogens is 384 g/mol. The molecule has 1 amide bonds. The van der Waals surface area contributed by atoms with Gasteiger partial charge in [-0.1, -0.05) is 23.7 Å². The second-order valence-corrected chi connectivity index (χ2v) is 7.26. The number of para-hydroxylation sites is 1. The Morgan fingerprint density at radius 3 is 2.59 bits per heavy atom. The summed E-state index contributed by atoms with van der Waals surface area (Å²) in [6.07, 6.45) is 0. The number of nitrogens with one attached hydrogen (secondary N) is 1. The van der Waals surface area contributed by atoms with Crippen molar-refractivity contribution >= 4 is 34.0 Å². The minimum atomic E-state index is -0.290. The summed E-state index contributed by atoms with van der Waals surface area (Å²) < 4.78 is 10.9. The van der Waals surface area contributed by atoms with Crippen LogP contribution in [0.15, 0.2) is 48.5 Å². The fourth-order valence-electron chi connectivity index (χ4n) is 2.45. The zero-order chi connectivity index (χ0) is 19.2. The lowest BCUT2D eigenvalue weighted by atomic mass is 10.1. The molecule has 0 saturated carbocycles. The monoisotopic (exact) mass is 402 g/mol. The zero-order valence-corrected chi connectivity index (χ0v) is 16.6. The van der Waals surface area contributed by atoms with Gasteiger partial charge in [0.25, 0.3) is 5.91 Å². The minimum absolute atomic E-state index is 0.138. The molecule has 0 radical (unpaired) electrons. The highest BCUT2D eigenvalue weighted by Crippen LogP contribution is 2.31. The molecule has 0 unspecified atom stereocenters. The van der Waals surface area contributed by atoms with Gasteiger partial charge in [-0.25, -0.2) is 4.98 Å². The number of benzene rings is 2. The Kier molecular flexibility index (Phi) is 6.32. The highest BCUT2D eigenvalue weighted by Gasteiger charge is 2.13. The number of aryl methyl sites for hydroxylation is 1. The van der Waals surface area contributed by atoms with E-state index in [0.717, 1.165) is 21.9 Å². The van der Waals surface area contributed by atoms with Crippen LogP contribution >= 0.6 is 22.9 Å². The number of nitrogens with zero attached hydrogens (tertiary/aromatic N) is 1. The van der Waals surface area contributed by atoms with Gasteiger partial charge in [0.15, 0.2) is 11.7 Å². The topological polar surface area (TPSA) is 60.5 Å². The first-order valence-electron chi connectivity index (χ1n) is 8.44. The average molecular weight is 403 g/mol. The van der Waals surface area contributed by atoms with E-state index in [-0.39, 0.29) is 12.5 Å². The van der Waals surface area contributed by atoms with Crippen molar-refractivity contribution in [1.82, 2.24) is 4.98 Å². The highest BCUT2D eigenvalue weighted by atomic mass is 35.5. The molecule has 0 aliphatic carbocycles. The first-order valence-corrected chi connectivity index (χ1v) is 9.64. The maximum Gasteiger partial charge on any atom is 0.264 e. The third-order valence-electron chi connectivity index (χ3n) is 3.68. The number of hydrogen-bond acceptors (Lipinski definition) is 5. The van der Waals surface area contributed by atoms with E-state index in [9.17, 15) is 4.79 Å². The Balaban J connectivity index is 1.63. The normalized spacial score (nSPS) is 10.5. The zero-order valence-electron chi connectivity index (χ0n) is 15.0. The number of ether oxygens (including phenoxy) is 2. The molecule has 27 heavy (non-hydrogen) atoms. The van der Waals surface area contributed by atoms with Gasteiger partial charge in [-0.15, -0.1) is 11.3 Å². The van der Waals surface area contributed by atoms with Gasteiger partial charge in [-0.3, -0.25) is 10.1 Å². The van der Waals surface area contributed by atoms with Crippen LogP contribution < -0.4 is 14.8 Å². The molecule has 3 rings (SSSR count). The van der Waals surface area contributed by atoms with Crippen molar-refractivity contribution < 1.29 is 14.3 Å². The molecule has 7 heteroatoms. The van der Waals surface area contributed by atoms with Crippen LogP contribution in [0, 0.1) is 6.92 Å². The summed E-state index contributed by atoms with van der Waals surface area (Å²) in [6, 6.07) is 14.8. The maximum atomic E-state index is 12.1. The molecule has 0 bridgehead atoms. The van der Waals surface area contributed by atoms with Crippen molar-refractivity contribution in [3.8, 4) is 22.8 Å². The first kappa shape index (κ1) is 19.2. The molecule has 140 valence electrons. The summed E-state index contributed by atoms with van der Waals surface area (Å²) in [6.45, 7) is 4.41. The van der Waals surface area contributed by atoms with Crippen LogP contribution in [-0.4, -0.2) is 24.1 Å². The SMILES string of the molecule is CCOc1ccc(-c2nc(NC(=O)COc3ccccc3Cl)sc2C)cc1. The summed E-state index contributed by atoms with van der Waals surface area (Å²) in [7, 11) is 0. The van der Waals surface area contributed by atoms with Crippen molar-refractivity contribution in [3.05, 3.63) is 58.4 Å². The van der Waals surface area contributed by atoms with Gasteiger partial charge >= 0.3 is 0 Å². The molecule has 1 N–H and O–H groups in total. The number of thiazole rings is 1. The van der Waals surface area contributed by atoms with Crippen molar-refractivity contribution in [2.75, 3.05) is 18.5 Å². The standard InChI is InChI=1S/C20H19ClN2O3S/c1-3-25-15-10-8-14(9-11-15)19-13(2)27-20(23-19)22-18(24)12-26-17-7-5-4-6-16(17)21/h4-11H,3,12H2,1-2H3,(H,22,23,24). The van der Waals surface area contributed by atoms with E-state index in [1.807, 2.05) is 38.1 Å². The molecule has 0 saturated heterocycles. The van der Waals surface area contributed by atoms with Crippen LogP contribution in [0.5, 0.6) is 11.5 Å². The molecule has 0 spiro atoms. The molecule has 2 aromatic carbocycles. The van der Waals surface area contributed by atoms with Gasteiger partial charge in [0.1, 0.15) is 11.5 Å². The summed E-state index contributed by atoms with van der Waals surface area (Å²) in [4.78, 5) is 17.7. The van der Waals surface area contributed by atoms with Crippen molar-refractivity contribution in [1.29, 1.82) is 0 Å². The predicted octanol–water partition coefficient (Wildman–Crippen LogP) is 5.19. The number of carbonyl (C=O) groups is 1. The molecule has 1 aromatic heterocycles. The van der Waals surface area contributed by atoms with E-state index < -0.39 is 0 Å². The fraction of sp³-hybridized carbons (Fsp3) is 0.200. The van der Waals surface area contributed by atoms with Gasteiger partial charge < -0.3 is 9.47 Å². The van der Waals surface area contributed by atoms with Crippen molar-refractivity contribution in [2.45, 2.75) is 13.8 Å². The molecule has 0 atom stereocenters. The number of hydrogen-bond donors (Lipinski definition) is 1. The number of anilines is 1. The second-order valence-electron chi connectivity index (χ2n) is 5.65. The van der Waals surface area contributed by atoms with Crippen molar-refractivity contribution in [2.24, 2.45) is 0 Å². The van der Waals surface area contributed by atoms with Gasteiger partial charge in [-0.05, 0) is 50.2 Å². The van der Waals surface area contributed by atoms with E-state index in [1.165, 1.54) is 11.3 Å². The maximum absolute atomic E-state index is 12.1. The summed E-state index contributed by atoms with van der Waals surface area (Å²) in [5.74, 6) is 1.00. The number of aromatic nitrogens is 1. The van der Waals surface area contributed by atoms with E-state index in [1.54, 1.807) is 24.3 Å². The van der Waals surface area contributed by atoms with Gasteiger partial charge in [-0.2, -0.15) is 0 Å². The largest absolute Gasteiger partial charge is 0.494 e. The van der Waals surface area contributed by atoms with Gasteiger partial charge in [0.05, 0.1) is 17.3 Å². The predicted molar refractivity (Wildman–Crippen MR) is 109 cm³/mol. The van der Waals surface area contributed by atoms with Gasteiger partial charge in [0, 0.05) is 10.4 Å². The Hall–Kier alpha value is -2.57. The quantitative estimate of drug-likeness (QED) is 0.590. The lowest BCUT2D eigenvalue weighted by molar-refractivity contribution is -0.118. The fourth-order valence-corrected chi connectivity index (χ4v) is 3.50.